The molecular formula is C14H19BrN2O3S. The van der Waals surface area contributed by atoms with Crippen LogP contribution in [-0.2, 0) is 14.8 Å². The minimum Gasteiger partial charge on any atom is -0.354 e. The van der Waals surface area contributed by atoms with Crippen molar-refractivity contribution in [1.29, 1.82) is 0 Å². The molecule has 1 fully saturated rings. The molecule has 1 aliphatic carbocycles. The van der Waals surface area contributed by atoms with Crippen molar-refractivity contribution in [2.45, 2.75) is 19.8 Å². The number of halogens is 1. The number of nitrogens with zero attached hydrogens (tertiary/aromatic N) is 1. The van der Waals surface area contributed by atoms with Crippen LogP contribution in [0.15, 0.2) is 22.7 Å². The smallest absolute Gasteiger partial charge is 0.232 e. The summed E-state index contributed by atoms with van der Waals surface area (Å²) in [6.45, 7) is 2.47. The number of amides is 1. The van der Waals surface area contributed by atoms with Crippen LogP contribution < -0.4 is 9.62 Å². The summed E-state index contributed by atoms with van der Waals surface area (Å²) in [5.74, 6) is 0.147. The molecular weight excluding hydrogens is 356 g/mol. The van der Waals surface area contributed by atoms with Crippen molar-refractivity contribution in [3.05, 3.63) is 28.2 Å². The van der Waals surface area contributed by atoms with Crippen LogP contribution in [0.2, 0.25) is 0 Å². The van der Waals surface area contributed by atoms with Crippen molar-refractivity contribution >= 4 is 37.5 Å². The predicted octanol–water partition coefficient (Wildman–Crippen LogP) is 2.05. The van der Waals surface area contributed by atoms with E-state index in [0.29, 0.717) is 12.2 Å². The van der Waals surface area contributed by atoms with Gasteiger partial charge in [0.2, 0.25) is 15.9 Å². The molecule has 0 spiro atoms. The summed E-state index contributed by atoms with van der Waals surface area (Å²) < 4.78 is 26.0. The molecule has 1 aromatic rings. The van der Waals surface area contributed by atoms with Crippen LogP contribution in [0.3, 0.4) is 0 Å². The van der Waals surface area contributed by atoms with Crippen LogP contribution in [0.25, 0.3) is 0 Å². The molecule has 0 unspecified atom stereocenters. The van der Waals surface area contributed by atoms with Crippen LogP contribution in [0.5, 0.6) is 0 Å². The molecule has 0 aromatic heterocycles. The number of carbonyl (C=O) groups is 1. The summed E-state index contributed by atoms with van der Waals surface area (Å²) in [4.78, 5) is 11.6. The zero-order valence-corrected chi connectivity index (χ0v) is 14.5. The number of aryl methyl sites for hydroxylation is 1. The number of hydrogen-bond acceptors (Lipinski definition) is 3. The second-order valence-corrected chi connectivity index (χ2v) is 8.12. The van der Waals surface area contributed by atoms with Gasteiger partial charge in [-0.05, 0) is 53.4 Å². The standard InChI is InChI=1S/C14H19BrN2O3S/c1-10-3-6-13(12(15)9-10)17(21(2,19)20)8-7-16-14(18)11-4-5-11/h3,6,9,11H,4-5,7-8H2,1-2H3,(H,16,18). The van der Waals surface area contributed by atoms with Gasteiger partial charge in [0.25, 0.3) is 0 Å². The summed E-state index contributed by atoms with van der Waals surface area (Å²) in [5, 5.41) is 2.79. The van der Waals surface area contributed by atoms with Gasteiger partial charge in [-0.2, -0.15) is 0 Å². The Morgan fingerprint density at radius 1 is 1.43 bits per heavy atom. The van der Waals surface area contributed by atoms with E-state index < -0.39 is 10.0 Å². The lowest BCUT2D eigenvalue weighted by Crippen LogP contribution is -2.38. The van der Waals surface area contributed by atoms with Gasteiger partial charge in [-0.3, -0.25) is 9.10 Å². The van der Waals surface area contributed by atoms with Gasteiger partial charge in [0, 0.05) is 16.9 Å². The molecule has 0 bridgehead atoms. The lowest BCUT2D eigenvalue weighted by atomic mass is 10.2. The zero-order valence-electron chi connectivity index (χ0n) is 12.1. The highest BCUT2D eigenvalue weighted by atomic mass is 79.9. The molecule has 1 saturated carbocycles. The Morgan fingerprint density at radius 2 is 2.10 bits per heavy atom. The number of nitrogens with one attached hydrogen (secondary N) is 1. The molecule has 7 heteroatoms. The third-order valence-corrected chi connectivity index (χ3v) is 5.15. The monoisotopic (exact) mass is 374 g/mol. The molecule has 2 rings (SSSR count). The second-order valence-electron chi connectivity index (χ2n) is 5.36. The number of anilines is 1. The fraction of sp³-hybridized carbons (Fsp3) is 0.500. The van der Waals surface area contributed by atoms with Crippen molar-refractivity contribution in [1.82, 2.24) is 5.32 Å². The summed E-state index contributed by atoms with van der Waals surface area (Å²) in [7, 11) is -3.40. The van der Waals surface area contributed by atoms with Crippen molar-refractivity contribution in [3.8, 4) is 0 Å². The first kappa shape index (κ1) is 16.3. The number of hydrogen-bond donors (Lipinski definition) is 1. The highest BCUT2D eigenvalue weighted by Crippen LogP contribution is 2.30. The summed E-state index contributed by atoms with van der Waals surface area (Å²) in [6.07, 6.45) is 3.04. The van der Waals surface area contributed by atoms with Gasteiger partial charge >= 0.3 is 0 Å². The summed E-state index contributed by atoms with van der Waals surface area (Å²) in [6, 6.07) is 5.50. The van der Waals surface area contributed by atoms with E-state index in [-0.39, 0.29) is 18.4 Å². The fourth-order valence-corrected chi connectivity index (χ4v) is 3.81. The van der Waals surface area contributed by atoms with Crippen LogP contribution in [0.4, 0.5) is 5.69 Å². The second kappa shape index (κ2) is 6.36. The Labute approximate surface area is 133 Å². The van der Waals surface area contributed by atoms with E-state index in [2.05, 4.69) is 21.2 Å². The van der Waals surface area contributed by atoms with Gasteiger partial charge in [0.1, 0.15) is 0 Å². The highest BCUT2D eigenvalue weighted by Gasteiger charge is 2.29. The fourth-order valence-electron chi connectivity index (χ4n) is 2.05. The predicted molar refractivity (Wildman–Crippen MR) is 86.8 cm³/mol. The zero-order chi connectivity index (χ0) is 15.6. The quantitative estimate of drug-likeness (QED) is 0.828. The molecule has 1 aliphatic rings. The van der Waals surface area contributed by atoms with E-state index in [4.69, 9.17) is 0 Å². The van der Waals surface area contributed by atoms with Gasteiger partial charge in [-0.25, -0.2) is 8.42 Å². The third kappa shape index (κ3) is 4.44. The molecule has 0 aliphatic heterocycles. The Morgan fingerprint density at radius 3 is 2.62 bits per heavy atom. The number of carbonyl (C=O) groups excluding carboxylic acids is 1. The molecule has 0 atom stereocenters. The normalized spacial score (nSPS) is 14.8. The van der Waals surface area contributed by atoms with E-state index in [9.17, 15) is 13.2 Å². The lowest BCUT2D eigenvalue weighted by Gasteiger charge is -2.24. The minimum atomic E-state index is -3.40. The van der Waals surface area contributed by atoms with Gasteiger partial charge in [-0.1, -0.05) is 6.07 Å². The number of rotatable bonds is 6. The van der Waals surface area contributed by atoms with E-state index >= 15 is 0 Å². The maximum absolute atomic E-state index is 12.0. The molecule has 116 valence electrons. The van der Waals surface area contributed by atoms with Crippen molar-refractivity contribution in [2.24, 2.45) is 5.92 Å². The van der Waals surface area contributed by atoms with Gasteiger partial charge in [-0.15, -0.1) is 0 Å². The first-order valence-corrected chi connectivity index (χ1v) is 9.45. The van der Waals surface area contributed by atoms with E-state index in [0.717, 1.165) is 22.9 Å². The van der Waals surface area contributed by atoms with Gasteiger partial charge in [0.15, 0.2) is 0 Å². The molecule has 0 heterocycles. The molecule has 0 saturated heterocycles. The van der Waals surface area contributed by atoms with Crippen LogP contribution in [0, 0.1) is 12.8 Å². The SMILES string of the molecule is Cc1ccc(N(CCNC(=O)C2CC2)S(C)(=O)=O)c(Br)c1. The Bertz CT molecular complexity index is 642. The first-order chi connectivity index (χ1) is 9.79. The Kier molecular flexibility index (Phi) is 4.93. The Hall–Kier alpha value is -1.08. The van der Waals surface area contributed by atoms with Crippen molar-refractivity contribution < 1.29 is 13.2 Å². The summed E-state index contributed by atoms with van der Waals surface area (Å²) >= 11 is 3.40. The third-order valence-electron chi connectivity index (χ3n) is 3.33. The first-order valence-electron chi connectivity index (χ1n) is 6.80. The van der Waals surface area contributed by atoms with E-state index in [1.807, 2.05) is 19.1 Å². The van der Waals surface area contributed by atoms with Crippen LogP contribution >= 0.6 is 15.9 Å². The average molecular weight is 375 g/mol. The Balaban J connectivity index is 2.09. The van der Waals surface area contributed by atoms with E-state index in [1.54, 1.807) is 6.07 Å². The maximum Gasteiger partial charge on any atom is 0.232 e. The van der Waals surface area contributed by atoms with Gasteiger partial charge < -0.3 is 5.32 Å². The number of benzene rings is 1. The molecule has 5 nitrogen and oxygen atoms in total. The van der Waals surface area contributed by atoms with Gasteiger partial charge in [0.05, 0.1) is 18.5 Å². The number of sulfonamides is 1. The maximum atomic E-state index is 12.0. The van der Waals surface area contributed by atoms with Crippen LogP contribution in [-0.4, -0.2) is 33.7 Å². The van der Waals surface area contributed by atoms with Crippen molar-refractivity contribution in [3.63, 3.8) is 0 Å². The topological polar surface area (TPSA) is 66.5 Å². The summed E-state index contributed by atoms with van der Waals surface area (Å²) in [5.41, 5.74) is 1.63. The molecule has 21 heavy (non-hydrogen) atoms. The minimum absolute atomic E-state index is 0.0198. The lowest BCUT2D eigenvalue weighted by molar-refractivity contribution is -0.122. The molecule has 1 amide bonds. The van der Waals surface area contributed by atoms with Crippen LogP contribution in [0.1, 0.15) is 18.4 Å². The highest BCUT2D eigenvalue weighted by molar-refractivity contribution is 9.10. The molecule has 0 radical (unpaired) electrons. The molecule has 1 aromatic carbocycles. The van der Waals surface area contributed by atoms with E-state index in [1.165, 1.54) is 10.6 Å². The largest absolute Gasteiger partial charge is 0.354 e. The van der Waals surface area contributed by atoms with Crippen molar-refractivity contribution in [2.75, 3.05) is 23.7 Å². The average Bonchev–Trinajstić information content (AvgIpc) is 3.18. The molecule has 1 N–H and O–H groups in total.